The molecule has 7 nitrogen and oxygen atoms in total. The van der Waals surface area contributed by atoms with Gasteiger partial charge in [0.15, 0.2) is 6.61 Å². The molecule has 0 aromatic heterocycles. The largest absolute Gasteiger partial charge is 0.494 e. The molecule has 0 fully saturated rings. The topological polar surface area (TPSA) is 93.7 Å². The molecule has 8 heteroatoms. The molecule has 0 aliphatic heterocycles. The molecule has 0 bridgehead atoms. The zero-order valence-electron chi connectivity index (χ0n) is 16.1. The molecule has 0 unspecified atom stereocenters. The fraction of sp³-hybridized carbons (Fsp3) is 0.286. The van der Waals surface area contributed by atoms with E-state index in [1.807, 2.05) is 0 Å². The van der Waals surface area contributed by atoms with Gasteiger partial charge in [0.25, 0.3) is 11.8 Å². The number of hydrogen-bond acceptors (Lipinski definition) is 5. The van der Waals surface area contributed by atoms with Gasteiger partial charge in [0, 0.05) is 11.3 Å². The molecule has 2 amide bonds. The van der Waals surface area contributed by atoms with Crippen molar-refractivity contribution in [3.8, 4) is 5.75 Å². The average Bonchev–Trinajstić information content (AvgIpc) is 2.73. The van der Waals surface area contributed by atoms with Gasteiger partial charge in [-0.05, 0) is 55.0 Å². The summed E-state index contributed by atoms with van der Waals surface area (Å²) in [6, 6.07) is 11.7. The molecule has 0 spiro atoms. The Hall–Kier alpha value is -3.42. The SMILES string of the molecule is CCCCOc1ccc(C(=O)NCC(=O)OCC(=O)Nc2ccc(F)cc2)cc1. The Bertz CT molecular complexity index is 822. The van der Waals surface area contributed by atoms with Crippen molar-refractivity contribution in [3.05, 3.63) is 59.9 Å². The summed E-state index contributed by atoms with van der Waals surface area (Å²) in [4.78, 5) is 35.5. The smallest absolute Gasteiger partial charge is 0.325 e. The van der Waals surface area contributed by atoms with Crippen LogP contribution in [0.25, 0.3) is 0 Å². The number of carbonyl (C=O) groups excluding carboxylic acids is 3. The van der Waals surface area contributed by atoms with E-state index < -0.39 is 30.2 Å². The number of hydrogen-bond donors (Lipinski definition) is 2. The number of nitrogens with one attached hydrogen (secondary N) is 2. The van der Waals surface area contributed by atoms with E-state index in [4.69, 9.17) is 9.47 Å². The quantitative estimate of drug-likeness (QED) is 0.471. The standard InChI is InChI=1S/C21H23FN2O5/c1-2-3-12-28-18-10-4-15(5-11-18)21(27)23-13-20(26)29-14-19(25)24-17-8-6-16(22)7-9-17/h4-11H,2-3,12-14H2,1H3,(H,23,27)(H,24,25). The number of amides is 2. The summed E-state index contributed by atoms with van der Waals surface area (Å²) in [5, 5.41) is 4.88. The summed E-state index contributed by atoms with van der Waals surface area (Å²) in [7, 11) is 0. The van der Waals surface area contributed by atoms with Gasteiger partial charge in [0.2, 0.25) is 0 Å². The minimum Gasteiger partial charge on any atom is -0.494 e. The fourth-order valence-electron chi connectivity index (χ4n) is 2.22. The van der Waals surface area contributed by atoms with Crippen LogP contribution in [0.5, 0.6) is 5.75 Å². The Labute approximate surface area is 168 Å². The molecule has 154 valence electrons. The van der Waals surface area contributed by atoms with E-state index in [1.165, 1.54) is 24.3 Å². The van der Waals surface area contributed by atoms with E-state index >= 15 is 0 Å². The second-order valence-corrected chi connectivity index (χ2v) is 6.12. The number of ether oxygens (including phenoxy) is 2. The maximum Gasteiger partial charge on any atom is 0.325 e. The molecule has 29 heavy (non-hydrogen) atoms. The van der Waals surface area contributed by atoms with Crippen molar-refractivity contribution in [1.82, 2.24) is 5.32 Å². The molecule has 0 radical (unpaired) electrons. The number of benzene rings is 2. The Morgan fingerprint density at radius 2 is 1.69 bits per heavy atom. The van der Waals surface area contributed by atoms with Crippen molar-refractivity contribution >= 4 is 23.5 Å². The van der Waals surface area contributed by atoms with Crippen molar-refractivity contribution < 1.29 is 28.2 Å². The number of esters is 1. The van der Waals surface area contributed by atoms with Crippen LogP contribution < -0.4 is 15.4 Å². The molecule has 0 atom stereocenters. The van der Waals surface area contributed by atoms with E-state index in [0.717, 1.165) is 12.8 Å². The monoisotopic (exact) mass is 402 g/mol. The van der Waals surface area contributed by atoms with E-state index in [2.05, 4.69) is 17.6 Å². The van der Waals surface area contributed by atoms with Gasteiger partial charge in [-0.2, -0.15) is 0 Å². The van der Waals surface area contributed by atoms with Crippen LogP contribution in [0.1, 0.15) is 30.1 Å². The van der Waals surface area contributed by atoms with Gasteiger partial charge in [-0.25, -0.2) is 4.39 Å². The van der Waals surface area contributed by atoms with Crippen molar-refractivity contribution in [3.63, 3.8) is 0 Å². The number of rotatable bonds is 10. The first-order chi connectivity index (χ1) is 14.0. The third-order valence-corrected chi connectivity index (χ3v) is 3.77. The van der Waals surface area contributed by atoms with Crippen molar-refractivity contribution in [2.24, 2.45) is 0 Å². The van der Waals surface area contributed by atoms with E-state index in [9.17, 15) is 18.8 Å². The van der Waals surface area contributed by atoms with Crippen molar-refractivity contribution in [2.75, 3.05) is 25.1 Å². The highest BCUT2D eigenvalue weighted by Crippen LogP contribution is 2.12. The molecule has 0 heterocycles. The second-order valence-electron chi connectivity index (χ2n) is 6.12. The maximum absolute atomic E-state index is 12.8. The lowest BCUT2D eigenvalue weighted by Crippen LogP contribution is -2.32. The summed E-state index contributed by atoms with van der Waals surface area (Å²) in [6.45, 7) is 1.79. The highest BCUT2D eigenvalue weighted by molar-refractivity contribution is 5.96. The van der Waals surface area contributed by atoms with Crippen molar-refractivity contribution in [1.29, 1.82) is 0 Å². The summed E-state index contributed by atoms with van der Waals surface area (Å²) in [5.41, 5.74) is 0.748. The van der Waals surface area contributed by atoms with Crippen LogP contribution >= 0.6 is 0 Å². The Balaban J connectivity index is 1.69. The molecule has 2 N–H and O–H groups in total. The van der Waals surface area contributed by atoms with Gasteiger partial charge in [-0.3, -0.25) is 14.4 Å². The first-order valence-corrected chi connectivity index (χ1v) is 9.20. The van der Waals surface area contributed by atoms with Crippen LogP contribution in [0, 0.1) is 5.82 Å². The molecule has 0 saturated heterocycles. The second kappa shape index (κ2) is 11.4. The third-order valence-electron chi connectivity index (χ3n) is 3.77. The lowest BCUT2D eigenvalue weighted by molar-refractivity contribution is -0.146. The van der Waals surface area contributed by atoms with Gasteiger partial charge in [0.05, 0.1) is 6.61 Å². The summed E-state index contributed by atoms with van der Waals surface area (Å²) >= 11 is 0. The normalized spacial score (nSPS) is 10.1. The zero-order valence-corrected chi connectivity index (χ0v) is 16.1. The van der Waals surface area contributed by atoms with Crippen LogP contribution in [0.3, 0.4) is 0 Å². The van der Waals surface area contributed by atoms with Gasteiger partial charge in [0.1, 0.15) is 18.1 Å². The number of halogens is 1. The van der Waals surface area contributed by atoms with Gasteiger partial charge in [-0.15, -0.1) is 0 Å². The van der Waals surface area contributed by atoms with Crippen LogP contribution in [0.4, 0.5) is 10.1 Å². The van der Waals surface area contributed by atoms with Crippen molar-refractivity contribution in [2.45, 2.75) is 19.8 Å². The first kappa shape index (κ1) is 21.9. The summed E-state index contributed by atoms with van der Waals surface area (Å²) in [6.07, 6.45) is 1.98. The first-order valence-electron chi connectivity index (χ1n) is 9.20. The Morgan fingerprint density at radius 3 is 2.34 bits per heavy atom. The number of anilines is 1. The molecule has 2 aromatic rings. The minimum absolute atomic E-state index is 0.370. The summed E-state index contributed by atoms with van der Waals surface area (Å²) in [5.74, 6) is -1.54. The van der Waals surface area contributed by atoms with Crippen LogP contribution in [0.2, 0.25) is 0 Å². The molecule has 0 aliphatic rings. The number of unbranched alkanes of at least 4 members (excludes halogenated alkanes) is 1. The summed E-state index contributed by atoms with van der Waals surface area (Å²) < 4.78 is 23.1. The predicted molar refractivity (Wildman–Crippen MR) is 105 cm³/mol. The Kier molecular flexibility index (Phi) is 8.62. The third kappa shape index (κ3) is 8.00. The lowest BCUT2D eigenvalue weighted by Gasteiger charge is -2.08. The maximum atomic E-state index is 12.8. The van der Waals surface area contributed by atoms with E-state index in [-0.39, 0.29) is 6.54 Å². The molecule has 2 rings (SSSR count). The van der Waals surface area contributed by atoms with Gasteiger partial charge < -0.3 is 20.1 Å². The molecular weight excluding hydrogens is 379 g/mol. The number of carbonyl (C=O) groups is 3. The fourth-order valence-corrected chi connectivity index (χ4v) is 2.22. The molecular formula is C21H23FN2O5. The minimum atomic E-state index is -0.757. The highest BCUT2D eigenvalue weighted by Gasteiger charge is 2.11. The lowest BCUT2D eigenvalue weighted by atomic mass is 10.2. The van der Waals surface area contributed by atoms with Gasteiger partial charge >= 0.3 is 5.97 Å². The zero-order chi connectivity index (χ0) is 21.1. The van der Waals surface area contributed by atoms with E-state index in [1.54, 1.807) is 24.3 Å². The highest BCUT2D eigenvalue weighted by atomic mass is 19.1. The molecule has 0 saturated carbocycles. The van der Waals surface area contributed by atoms with Crippen LogP contribution in [-0.4, -0.2) is 37.5 Å². The van der Waals surface area contributed by atoms with Crippen LogP contribution in [0.15, 0.2) is 48.5 Å². The Morgan fingerprint density at radius 1 is 1.00 bits per heavy atom. The molecule has 2 aromatic carbocycles. The van der Waals surface area contributed by atoms with Crippen LogP contribution in [-0.2, 0) is 14.3 Å². The van der Waals surface area contributed by atoms with Gasteiger partial charge in [-0.1, -0.05) is 13.3 Å². The average molecular weight is 402 g/mol. The molecule has 0 aliphatic carbocycles. The van der Waals surface area contributed by atoms with E-state index in [0.29, 0.717) is 23.6 Å². The predicted octanol–water partition coefficient (Wildman–Crippen LogP) is 2.92.